The van der Waals surface area contributed by atoms with Gasteiger partial charge in [0.1, 0.15) is 23.3 Å². The van der Waals surface area contributed by atoms with Gasteiger partial charge < -0.3 is 14.7 Å². The van der Waals surface area contributed by atoms with Crippen molar-refractivity contribution in [2.75, 3.05) is 37.0 Å². The zero-order chi connectivity index (χ0) is 32.5. The molecule has 1 aromatic carbocycles. The monoisotopic (exact) mass is 658 g/mol. The number of carbonyl (C=O) groups excluding carboxylic acids is 1. The van der Waals surface area contributed by atoms with Gasteiger partial charge in [-0.05, 0) is 50.4 Å². The van der Waals surface area contributed by atoms with Crippen LogP contribution in [0.15, 0.2) is 30.6 Å². The molecule has 2 N–H and O–H groups in total. The van der Waals surface area contributed by atoms with Crippen molar-refractivity contribution < 1.29 is 45.8 Å². The largest absolute Gasteiger partial charge is 0.496 e. The molecule has 10 nitrogen and oxygen atoms in total. The number of rotatable bonds is 8. The van der Waals surface area contributed by atoms with E-state index in [2.05, 4.69) is 20.3 Å². The van der Waals surface area contributed by atoms with Gasteiger partial charge in [0, 0.05) is 30.1 Å². The van der Waals surface area contributed by atoms with Crippen LogP contribution in [0.2, 0.25) is 0 Å². The second-order valence-corrected chi connectivity index (χ2v) is 11.8. The number of nitrogens with zero attached hydrogens (tertiary/aromatic N) is 5. The maximum atomic E-state index is 13.8. The topological polar surface area (TPSA) is 121 Å². The molecule has 2 aliphatic heterocycles. The number of carboxylic acid groups (broad SMARTS) is 1. The van der Waals surface area contributed by atoms with E-state index < -0.39 is 47.5 Å². The third-order valence-electron chi connectivity index (χ3n) is 7.82. The van der Waals surface area contributed by atoms with Crippen molar-refractivity contribution >= 4 is 34.2 Å². The number of hydrogen-bond donors (Lipinski definition) is 2. The number of hydrogen-bond acceptors (Lipinski definition) is 9. The molecule has 2 aliphatic rings. The Bertz CT molecular complexity index is 1540. The van der Waals surface area contributed by atoms with Crippen LogP contribution in [-0.4, -0.2) is 75.8 Å². The second kappa shape index (κ2) is 12.8. The molecule has 0 bridgehead atoms. The van der Waals surface area contributed by atoms with Gasteiger partial charge in [0.25, 0.3) is 5.91 Å². The summed E-state index contributed by atoms with van der Waals surface area (Å²) in [5, 5.41) is 11.7. The number of anilines is 2. The highest BCUT2D eigenvalue weighted by Gasteiger charge is 2.46. The number of likely N-dealkylation sites (tertiary alicyclic amines) is 1. The minimum atomic E-state index is -4.78. The molecule has 45 heavy (non-hydrogen) atoms. The maximum absolute atomic E-state index is 13.8. The molecule has 17 heteroatoms. The lowest BCUT2D eigenvalue weighted by atomic mass is 9.97. The number of aromatic nitrogens is 3. The van der Waals surface area contributed by atoms with Crippen molar-refractivity contribution in [3.63, 3.8) is 0 Å². The van der Waals surface area contributed by atoms with Crippen molar-refractivity contribution in [2.24, 2.45) is 5.92 Å². The molecule has 0 aliphatic carbocycles. The molecule has 5 rings (SSSR count). The maximum Gasteiger partial charge on any atom is 0.419 e. The summed E-state index contributed by atoms with van der Waals surface area (Å²) in [5.41, 5.74) is -1.18. The van der Waals surface area contributed by atoms with Crippen LogP contribution in [-0.2, 0) is 17.5 Å². The fraction of sp³-hybridized carbons (Fsp3) is 0.464. The smallest absolute Gasteiger partial charge is 0.419 e. The van der Waals surface area contributed by atoms with E-state index in [9.17, 15) is 41.0 Å². The zero-order valence-corrected chi connectivity index (χ0v) is 24.6. The Morgan fingerprint density at radius 2 is 1.80 bits per heavy atom. The Hall–Kier alpha value is -3.99. The molecule has 2 saturated heterocycles. The zero-order valence-electron chi connectivity index (χ0n) is 23.8. The van der Waals surface area contributed by atoms with Crippen molar-refractivity contribution in [1.82, 2.24) is 19.9 Å². The van der Waals surface area contributed by atoms with Crippen LogP contribution in [0, 0.1) is 5.92 Å². The van der Waals surface area contributed by atoms with Crippen LogP contribution >= 0.6 is 11.3 Å². The van der Waals surface area contributed by atoms with Crippen LogP contribution in [0.5, 0.6) is 5.75 Å². The number of carboxylic acids is 1. The van der Waals surface area contributed by atoms with E-state index in [1.54, 1.807) is 0 Å². The standard InChI is InChI=1S/C28H28F6N6O4S/c1-44-19-5-4-16(11-17(19)27(29,30)31)23-20(14-40-8-2-3-21(40)28(32,33)34)45-26(37-23)38-24(41)18-12-36-22(13-35-18)39-9-6-15(7-10-39)25(42)43/h4-5,11-13,15,21H,2-3,6-10,14H2,1H3,(H,42,43)(H,37,38,41)/t21-/m0/s1. The van der Waals surface area contributed by atoms with Gasteiger partial charge in [-0.1, -0.05) is 11.3 Å². The van der Waals surface area contributed by atoms with E-state index >= 15 is 0 Å². The van der Waals surface area contributed by atoms with Crippen LogP contribution < -0.4 is 15.0 Å². The summed E-state index contributed by atoms with van der Waals surface area (Å²) in [5.74, 6) is -1.99. The average molecular weight is 659 g/mol. The van der Waals surface area contributed by atoms with Gasteiger partial charge in [-0.25, -0.2) is 15.0 Å². The van der Waals surface area contributed by atoms with Gasteiger partial charge in [0.15, 0.2) is 5.13 Å². The first-order valence-corrected chi connectivity index (χ1v) is 14.7. The quantitative estimate of drug-likeness (QED) is 0.294. The number of amides is 1. The number of piperidine rings is 1. The molecule has 0 unspecified atom stereocenters. The SMILES string of the molecule is COc1ccc(-c2nc(NC(=O)c3cnc(N4CCC(C(=O)O)CC4)cn3)sc2CN2CCC[C@H]2C(F)(F)F)cc1C(F)(F)F. The molecule has 2 aromatic heterocycles. The summed E-state index contributed by atoms with van der Waals surface area (Å²) in [6, 6.07) is 1.54. The lowest BCUT2D eigenvalue weighted by Gasteiger charge is -2.30. The van der Waals surface area contributed by atoms with Gasteiger partial charge in [-0.2, -0.15) is 26.3 Å². The minimum Gasteiger partial charge on any atom is -0.496 e. The fourth-order valence-corrected chi connectivity index (χ4v) is 6.51. The van der Waals surface area contributed by atoms with E-state index in [0.717, 1.165) is 30.6 Å². The third kappa shape index (κ3) is 7.30. The van der Waals surface area contributed by atoms with Crippen molar-refractivity contribution in [3.05, 3.63) is 46.7 Å². The number of alkyl halides is 6. The summed E-state index contributed by atoms with van der Waals surface area (Å²) in [6.07, 6.45) is -5.60. The van der Waals surface area contributed by atoms with Crippen molar-refractivity contribution in [1.29, 1.82) is 0 Å². The van der Waals surface area contributed by atoms with Gasteiger partial charge in [0.05, 0.1) is 36.7 Å². The normalized spacial score (nSPS) is 18.3. The van der Waals surface area contributed by atoms with Crippen LogP contribution in [0.25, 0.3) is 11.3 Å². The number of methoxy groups -OCH3 is 1. The van der Waals surface area contributed by atoms with Gasteiger partial charge >= 0.3 is 18.3 Å². The first-order valence-electron chi connectivity index (χ1n) is 13.9. The summed E-state index contributed by atoms with van der Waals surface area (Å²) < 4.78 is 87.2. The van der Waals surface area contributed by atoms with Crippen LogP contribution in [0.1, 0.15) is 46.6 Å². The number of nitrogens with one attached hydrogen (secondary N) is 1. The number of benzene rings is 1. The highest BCUT2D eigenvalue weighted by atomic mass is 32.1. The molecule has 1 amide bonds. The van der Waals surface area contributed by atoms with Crippen LogP contribution in [0.4, 0.5) is 37.3 Å². The third-order valence-corrected chi connectivity index (χ3v) is 8.78. The Balaban J connectivity index is 1.40. The summed E-state index contributed by atoms with van der Waals surface area (Å²) in [6.45, 7) is 0.800. The summed E-state index contributed by atoms with van der Waals surface area (Å²) >= 11 is 0.860. The van der Waals surface area contributed by atoms with Crippen LogP contribution in [0.3, 0.4) is 0 Å². The first-order chi connectivity index (χ1) is 21.2. The molecule has 0 radical (unpaired) electrons. The van der Waals surface area contributed by atoms with E-state index in [1.807, 2.05) is 4.90 Å². The Labute approximate surface area is 257 Å². The summed E-state index contributed by atoms with van der Waals surface area (Å²) in [4.78, 5) is 40.3. The van der Waals surface area contributed by atoms with Gasteiger partial charge in [0.2, 0.25) is 0 Å². The molecular weight excluding hydrogens is 630 g/mol. The predicted octanol–water partition coefficient (Wildman–Crippen LogP) is 5.71. The Morgan fingerprint density at radius 1 is 1.07 bits per heavy atom. The molecule has 3 aromatic rings. The molecule has 2 fully saturated rings. The highest BCUT2D eigenvalue weighted by molar-refractivity contribution is 7.16. The number of ether oxygens (including phenoxy) is 1. The van der Waals surface area contributed by atoms with Gasteiger partial charge in [-0.3, -0.25) is 19.8 Å². The minimum absolute atomic E-state index is 0.00229. The number of halogens is 6. The van der Waals surface area contributed by atoms with Crippen molar-refractivity contribution in [3.8, 4) is 17.0 Å². The number of carbonyl (C=O) groups is 2. The number of aliphatic carboxylic acids is 1. The molecule has 242 valence electrons. The van der Waals surface area contributed by atoms with Crippen molar-refractivity contribution in [2.45, 2.75) is 50.6 Å². The fourth-order valence-electron chi connectivity index (χ4n) is 5.50. The average Bonchev–Trinajstić information content (AvgIpc) is 3.63. The number of thiazole rings is 1. The molecule has 0 saturated carbocycles. The van der Waals surface area contributed by atoms with E-state index in [0.29, 0.717) is 38.2 Å². The molecule has 0 spiro atoms. The lowest BCUT2D eigenvalue weighted by molar-refractivity contribution is -0.177. The van der Waals surface area contributed by atoms with Gasteiger partial charge in [-0.15, -0.1) is 0 Å². The van der Waals surface area contributed by atoms with E-state index in [-0.39, 0.29) is 46.5 Å². The molecule has 1 atom stereocenters. The molecular formula is C28H28F6N6O4S. The first kappa shape index (κ1) is 32.4. The Kier molecular flexibility index (Phi) is 9.21. The summed E-state index contributed by atoms with van der Waals surface area (Å²) in [7, 11) is 1.09. The Morgan fingerprint density at radius 3 is 2.40 bits per heavy atom. The van der Waals surface area contributed by atoms with E-state index in [4.69, 9.17) is 4.74 Å². The highest BCUT2D eigenvalue weighted by Crippen LogP contribution is 2.42. The second-order valence-electron chi connectivity index (χ2n) is 10.7. The lowest BCUT2D eigenvalue weighted by Crippen LogP contribution is -2.40. The molecule has 4 heterocycles. The van der Waals surface area contributed by atoms with E-state index in [1.165, 1.54) is 23.4 Å². The predicted molar refractivity (Wildman–Crippen MR) is 151 cm³/mol.